The van der Waals surface area contributed by atoms with Crippen molar-refractivity contribution in [1.82, 2.24) is 4.90 Å². The van der Waals surface area contributed by atoms with Crippen molar-refractivity contribution in [1.29, 1.82) is 0 Å². The molecule has 2 atom stereocenters. The van der Waals surface area contributed by atoms with Crippen molar-refractivity contribution in [3.05, 3.63) is 0 Å². The summed E-state index contributed by atoms with van der Waals surface area (Å²) in [4.78, 5) is 14.1. The number of piperidine rings is 1. The van der Waals surface area contributed by atoms with Gasteiger partial charge in [-0.3, -0.25) is 4.79 Å². The third kappa shape index (κ3) is 3.05. The highest BCUT2D eigenvalue weighted by atomic mass is 16.3. The van der Waals surface area contributed by atoms with Crippen LogP contribution < -0.4 is 0 Å². The number of nitrogens with zero attached hydrogens (tertiary/aromatic N) is 1. The Bertz CT molecular complexity index is 292. The molecule has 1 aliphatic heterocycles. The van der Waals surface area contributed by atoms with E-state index in [2.05, 4.69) is 6.92 Å². The zero-order valence-electron chi connectivity index (χ0n) is 11.7. The Morgan fingerprint density at radius 3 is 2.94 bits per heavy atom. The van der Waals surface area contributed by atoms with Crippen LogP contribution in [-0.2, 0) is 4.79 Å². The summed E-state index contributed by atoms with van der Waals surface area (Å²) in [6.45, 7) is 3.72. The standard InChI is InChI=1S/C15H27NO2/c1-2-3-4-8-14(17)16-11-10-15(18)9-6-5-7-13(15)12-16/h13,18H,2-12H2,1H3. The Morgan fingerprint density at radius 2 is 2.17 bits per heavy atom. The van der Waals surface area contributed by atoms with E-state index in [1.54, 1.807) is 0 Å². The van der Waals surface area contributed by atoms with Crippen LogP contribution in [0.5, 0.6) is 0 Å². The molecule has 2 fully saturated rings. The molecule has 1 aliphatic carbocycles. The maximum atomic E-state index is 12.1. The lowest BCUT2D eigenvalue weighted by Crippen LogP contribution is -2.54. The summed E-state index contributed by atoms with van der Waals surface area (Å²) < 4.78 is 0. The van der Waals surface area contributed by atoms with Crippen LogP contribution in [-0.4, -0.2) is 34.6 Å². The maximum Gasteiger partial charge on any atom is 0.222 e. The van der Waals surface area contributed by atoms with Crippen molar-refractivity contribution in [3.8, 4) is 0 Å². The molecule has 0 aromatic carbocycles. The van der Waals surface area contributed by atoms with E-state index >= 15 is 0 Å². The van der Waals surface area contributed by atoms with Crippen molar-refractivity contribution >= 4 is 5.91 Å². The Balaban J connectivity index is 1.84. The first-order valence-electron chi connectivity index (χ1n) is 7.66. The summed E-state index contributed by atoms with van der Waals surface area (Å²) in [5, 5.41) is 10.6. The number of carbonyl (C=O) groups is 1. The van der Waals surface area contributed by atoms with Gasteiger partial charge in [-0.1, -0.05) is 32.6 Å². The molecule has 1 saturated carbocycles. The molecule has 2 unspecified atom stereocenters. The normalized spacial score (nSPS) is 32.1. The van der Waals surface area contributed by atoms with Gasteiger partial charge in [0.15, 0.2) is 0 Å². The molecule has 1 amide bonds. The number of rotatable bonds is 4. The van der Waals surface area contributed by atoms with Gasteiger partial charge in [0.25, 0.3) is 0 Å². The van der Waals surface area contributed by atoms with E-state index in [0.717, 1.165) is 58.0 Å². The van der Waals surface area contributed by atoms with Gasteiger partial charge in [-0.25, -0.2) is 0 Å². The maximum absolute atomic E-state index is 12.1. The minimum Gasteiger partial charge on any atom is -0.389 e. The Kier molecular flexibility index (Phi) is 4.66. The van der Waals surface area contributed by atoms with E-state index in [9.17, 15) is 9.90 Å². The average Bonchev–Trinajstić information content (AvgIpc) is 2.37. The molecule has 18 heavy (non-hydrogen) atoms. The molecule has 2 rings (SSSR count). The van der Waals surface area contributed by atoms with Gasteiger partial charge in [-0.05, 0) is 25.7 Å². The lowest BCUT2D eigenvalue weighted by atomic mass is 9.71. The average molecular weight is 253 g/mol. The molecule has 3 heteroatoms. The first-order valence-corrected chi connectivity index (χ1v) is 7.66. The molecule has 104 valence electrons. The van der Waals surface area contributed by atoms with Crippen LogP contribution in [0, 0.1) is 5.92 Å². The van der Waals surface area contributed by atoms with Crippen molar-refractivity contribution in [2.75, 3.05) is 13.1 Å². The minimum atomic E-state index is -0.460. The van der Waals surface area contributed by atoms with E-state index in [0.29, 0.717) is 18.2 Å². The number of likely N-dealkylation sites (tertiary alicyclic amines) is 1. The molecule has 1 saturated heterocycles. The fourth-order valence-electron chi connectivity index (χ4n) is 3.48. The van der Waals surface area contributed by atoms with E-state index in [4.69, 9.17) is 0 Å². The lowest BCUT2D eigenvalue weighted by Gasteiger charge is -2.47. The Morgan fingerprint density at radius 1 is 1.33 bits per heavy atom. The van der Waals surface area contributed by atoms with Gasteiger partial charge in [0.05, 0.1) is 5.60 Å². The van der Waals surface area contributed by atoms with Gasteiger partial charge in [0.1, 0.15) is 0 Å². The van der Waals surface area contributed by atoms with Crippen LogP contribution in [0.4, 0.5) is 0 Å². The minimum absolute atomic E-state index is 0.302. The van der Waals surface area contributed by atoms with Crippen LogP contribution in [0.15, 0.2) is 0 Å². The summed E-state index contributed by atoms with van der Waals surface area (Å²) >= 11 is 0. The fraction of sp³-hybridized carbons (Fsp3) is 0.933. The van der Waals surface area contributed by atoms with E-state index in [1.165, 1.54) is 6.42 Å². The first kappa shape index (κ1) is 13.9. The third-order valence-corrected chi connectivity index (χ3v) is 4.77. The van der Waals surface area contributed by atoms with Crippen LogP contribution in [0.1, 0.15) is 64.7 Å². The van der Waals surface area contributed by atoms with E-state index in [-0.39, 0.29) is 0 Å². The van der Waals surface area contributed by atoms with Crippen molar-refractivity contribution in [2.24, 2.45) is 5.92 Å². The van der Waals surface area contributed by atoms with Crippen molar-refractivity contribution < 1.29 is 9.90 Å². The SMILES string of the molecule is CCCCCC(=O)N1CCC2(O)CCCCC2C1. The third-order valence-electron chi connectivity index (χ3n) is 4.77. The number of fused-ring (bicyclic) bond motifs is 1. The topological polar surface area (TPSA) is 40.5 Å². The van der Waals surface area contributed by atoms with Gasteiger partial charge in [-0.2, -0.15) is 0 Å². The highest BCUT2D eigenvalue weighted by Crippen LogP contribution is 2.39. The highest BCUT2D eigenvalue weighted by Gasteiger charge is 2.43. The molecule has 1 N–H and O–H groups in total. The van der Waals surface area contributed by atoms with Crippen LogP contribution >= 0.6 is 0 Å². The largest absolute Gasteiger partial charge is 0.389 e. The summed E-state index contributed by atoms with van der Waals surface area (Å²) in [5.41, 5.74) is -0.460. The van der Waals surface area contributed by atoms with Gasteiger partial charge in [0.2, 0.25) is 5.91 Å². The quantitative estimate of drug-likeness (QED) is 0.783. The fourth-order valence-corrected chi connectivity index (χ4v) is 3.48. The van der Waals surface area contributed by atoms with Crippen LogP contribution in [0.3, 0.4) is 0 Å². The molecule has 3 nitrogen and oxygen atoms in total. The summed E-state index contributed by atoms with van der Waals surface area (Å²) in [5.74, 6) is 0.631. The second kappa shape index (κ2) is 6.05. The van der Waals surface area contributed by atoms with E-state index < -0.39 is 5.60 Å². The van der Waals surface area contributed by atoms with Gasteiger partial charge >= 0.3 is 0 Å². The van der Waals surface area contributed by atoms with Gasteiger partial charge in [0, 0.05) is 25.4 Å². The van der Waals surface area contributed by atoms with Crippen molar-refractivity contribution in [2.45, 2.75) is 70.3 Å². The number of aliphatic hydroxyl groups is 1. The molecule has 0 aromatic heterocycles. The Hall–Kier alpha value is -0.570. The predicted molar refractivity (Wildman–Crippen MR) is 72.2 cm³/mol. The molecular weight excluding hydrogens is 226 g/mol. The number of hydrogen-bond donors (Lipinski definition) is 1. The van der Waals surface area contributed by atoms with Gasteiger partial charge < -0.3 is 10.0 Å². The van der Waals surface area contributed by atoms with Gasteiger partial charge in [-0.15, -0.1) is 0 Å². The number of hydrogen-bond acceptors (Lipinski definition) is 2. The molecule has 0 aromatic rings. The monoisotopic (exact) mass is 253 g/mol. The highest BCUT2D eigenvalue weighted by molar-refractivity contribution is 5.76. The zero-order chi connectivity index (χ0) is 13.0. The molecular formula is C15H27NO2. The summed E-state index contributed by atoms with van der Waals surface area (Å²) in [7, 11) is 0. The second-order valence-corrected chi connectivity index (χ2v) is 6.09. The van der Waals surface area contributed by atoms with Crippen molar-refractivity contribution in [3.63, 3.8) is 0 Å². The van der Waals surface area contributed by atoms with E-state index in [1.807, 2.05) is 4.90 Å². The molecule has 1 heterocycles. The predicted octanol–water partition coefficient (Wildman–Crippen LogP) is 2.72. The van der Waals surface area contributed by atoms with Crippen LogP contribution in [0.2, 0.25) is 0 Å². The second-order valence-electron chi connectivity index (χ2n) is 6.09. The molecule has 0 bridgehead atoms. The molecule has 0 spiro atoms. The number of amides is 1. The van der Waals surface area contributed by atoms with Crippen LogP contribution in [0.25, 0.3) is 0 Å². The number of carbonyl (C=O) groups excluding carboxylic acids is 1. The summed E-state index contributed by atoms with van der Waals surface area (Å²) in [6, 6.07) is 0. The lowest BCUT2D eigenvalue weighted by molar-refractivity contribution is -0.143. The Labute approximate surface area is 111 Å². The first-order chi connectivity index (χ1) is 8.65. The zero-order valence-corrected chi connectivity index (χ0v) is 11.7. The molecule has 0 radical (unpaired) electrons. The summed E-state index contributed by atoms with van der Waals surface area (Å²) in [6.07, 6.45) is 9.20. The smallest absolute Gasteiger partial charge is 0.222 e. The number of unbranched alkanes of at least 4 members (excludes halogenated alkanes) is 2. The molecule has 2 aliphatic rings.